The smallest absolute Gasteiger partial charge is 0.304 e. The van der Waals surface area contributed by atoms with Crippen LogP contribution in [0.4, 0.5) is 15.8 Å². The molecule has 0 atom stereocenters. The van der Waals surface area contributed by atoms with E-state index >= 15 is 0 Å². The Morgan fingerprint density at radius 3 is 2.79 bits per heavy atom. The van der Waals surface area contributed by atoms with Crippen LogP contribution in [0.5, 0.6) is 0 Å². The predicted molar refractivity (Wildman–Crippen MR) is 62.0 cm³/mol. The molecule has 0 fully saturated rings. The SMILES string of the molecule is Cn1cc(C(=O)Nc2ccc([N+](=O)[O-])c(F)c2)nn1. The van der Waals surface area contributed by atoms with Crippen molar-refractivity contribution in [3.63, 3.8) is 0 Å². The molecular formula is C10H8FN5O3. The molecule has 2 rings (SSSR count). The summed E-state index contributed by atoms with van der Waals surface area (Å²) in [5.41, 5.74) is -0.502. The molecule has 1 aromatic heterocycles. The summed E-state index contributed by atoms with van der Waals surface area (Å²) in [6.45, 7) is 0. The van der Waals surface area contributed by atoms with Gasteiger partial charge < -0.3 is 5.32 Å². The number of amides is 1. The second-order valence-electron chi connectivity index (χ2n) is 3.65. The highest BCUT2D eigenvalue weighted by molar-refractivity contribution is 6.02. The van der Waals surface area contributed by atoms with E-state index in [2.05, 4.69) is 15.6 Å². The number of halogens is 1. The van der Waals surface area contributed by atoms with Crippen molar-refractivity contribution in [2.45, 2.75) is 0 Å². The summed E-state index contributed by atoms with van der Waals surface area (Å²) >= 11 is 0. The standard InChI is InChI=1S/C10H8FN5O3/c1-15-5-8(13-14-15)10(17)12-6-2-3-9(16(18)19)7(11)4-6/h2-5H,1H3,(H,12,17). The molecule has 0 aliphatic heterocycles. The van der Waals surface area contributed by atoms with Crippen LogP contribution in [-0.4, -0.2) is 25.8 Å². The fourth-order valence-corrected chi connectivity index (χ4v) is 1.38. The highest BCUT2D eigenvalue weighted by Crippen LogP contribution is 2.21. The summed E-state index contributed by atoms with van der Waals surface area (Å²) in [4.78, 5) is 21.3. The monoisotopic (exact) mass is 265 g/mol. The van der Waals surface area contributed by atoms with Gasteiger partial charge in [-0.2, -0.15) is 4.39 Å². The third kappa shape index (κ3) is 2.70. The van der Waals surface area contributed by atoms with Crippen molar-refractivity contribution in [2.24, 2.45) is 7.05 Å². The number of hydrogen-bond acceptors (Lipinski definition) is 5. The van der Waals surface area contributed by atoms with Crippen molar-refractivity contribution < 1.29 is 14.1 Å². The first kappa shape index (κ1) is 12.6. The van der Waals surface area contributed by atoms with E-state index in [0.29, 0.717) is 0 Å². The van der Waals surface area contributed by atoms with Gasteiger partial charge in [0.1, 0.15) is 0 Å². The van der Waals surface area contributed by atoms with Crippen molar-refractivity contribution >= 4 is 17.3 Å². The average molecular weight is 265 g/mol. The minimum Gasteiger partial charge on any atom is -0.320 e. The number of carbonyl (C=O) groups excluding carboxylic acids is 1. The predicted octanol–water partition coefficient (Wildman–Crippen LogP) is 1.11. The van der Waals surface area contributed by atoms with Gasteiger partial charge in [0.25, 0.3) is 5.91 Å². The largest absolute Gasteiger partial charge is 0.320 e. The number of carbonyl (C=O) groups is 1. The first-order valence-corrected chi connectivity index (χ1v) is 5.09. The van der Waals surface area contributed by atoms with Crippen LogP contribution < -0.4 is 5.32 Å². The molecule has 0 aliphatic carbocycles. The summed E-state index contributed by atoms with van der Waals surface area (Å²) in [5.74, 6) is -1.61. The van der Waals surface area contributed by atoms with Gasteiger partial charge in [-0.25, -0.2) is 0 Å². The van der Waals surface area contributed by atoms with E-state index in [1.54, 1.807) is 7.05 Å². The Kier molecular flexibility index (Phi) is 3.19. The summed E-state index contributed by atoms with van der Waals surface area (Å²) in [6, 6.07) is 3.07. The zero-order valence-electron chi connectivity index (χ0n) is 9.70. The van der Waals surface area contributed by atoms with E-state index in [-0.39, 0.29) is 11.4 Å². The van der Waals surface area contributed by atoms with Crippen LogP contribution >= 0.6 is 0 Å². The minimum absolute atomic E-state index is 0.0567. The van der Waals surface area contributed by atoms with Gasteiger partial charge in [0.15, 0.2) is 5.69 Å². The Balaban J connectivity index is 2.18. The quantitative estimate of drug-likeness (QED) is 0.661. The molecule has 1 amide bonds. The van der Waals surface area contributed by atoms with Crippen LogP contribution in [0.25, 0.3) is 0 Å². The van der Waals surface area contributed by atoms with Gasteiger partial charge in [-0.05, 0) is 6.07 Å². The van der Waals surface area contributed by atoms with Crippen molar-refractivity contribution in [1.29, 1.82) is 0 Å². The van der Waals surface area contributed by atoms with Gasteiger partial charge >= 0.3 is 5.69 Å². The summed E-state index contributed by atoms with van der Waals surface area (Å²) < 4.78 is 14.7. The maximum atomic E-state index is 13.3. The number of nitrogens with one attached hydrogen (secondary N) is 1. The van der Waals surface area contributed by atoms with Crippen molar-refractivity contribution in [3.8, 4) is 0 Å². The highest BCUT2D eigenvalue weighted by Gasteiger charge is 2.16. The van der Waals surface area contributed by atoms with Gasteiger partial charge in [-0.15, -0.1) is 5.10 Å². The van der Waals surface area contributed by atoms with Crippen molar-refractivity contribution in [3.05, 3.63) is 46.0 Å². The molecule has 2 aromatic rings. The zero-order chi connectivity index (χ0) is 14.0. The third-order valence-electron chi connectivity index (χ3n) is 2.24. The zero-order valence-corrected chi connectivity index (χ0v) is 9.70. The fourth-order valence-electron chi connectivity index (χ4n) is 1.38. The first-order valence-electron chi connectivity index (χ1n) is 5.09. The van der Waals surface area contributed by atoms with Crippen LogP contribution in [0, 0.1) is 15.9 Å². The summed E-state index contributed by atoms with van der Waals surface area (Å²) in [6.07, 6.45) is 1.39. The lowest BCUT2D eigenvalue weighted by Gasteiger charge is -2.02. The molecule has 98 valence electrons. The minimum atomic E-state index is -1.03. The normalized spacial score (nSPS) is 10.2. The Labute approximate surface area is 106 Å². The fraction of sp³-hybridized carbons (Fsp3) is 0.100. The lowest BCUT2D eigenvalue weighted by Crippen LogP contribution is -2.12. The lowest BCUT2D eigenvalue weighted by atomic mass is 10.2. The number of nitrogens with zero attached hydrogens (tertiary/aromatic N) is 4. The molecule has 0 unspecified atom stereocenters. The Bertz CT molecular complexity index is 654. The van der Waals surface area contributed by atoms with Gasteiger partial charge in [0, 0.05) is 24.9 Å². The number of aryl methyl sites for hydroxylation is 1. The second kappa shape index (κ2) is 4.80. The summed E-state index contributed by atoms with van der Waals surface area (Å²) in [7, 11) is 1.59. The average Bonchev–Trinajstić information content (AvgIpc) is 2.75. The number of anilines is 1. The third-order valence-corrected chi connectivity index (χ3v) is 2.24. The van der Waals surface area contributed by atoms with Gasteiger partial charge in [0.05, 0.1) is 11.1 Å². The number of benzene rings is 1. The number of nitro benzene ring substituents is 1. The van der Waals surface area contributed by atoms with E-state index in [0.717, 1.165) is 12.1 Å². The lowest BCUT2D eigenvalue weighted by molar-refractivity contribution is -0.387. The number of hydrogen-bond donors (Lipinski definition) is 1. The molecule has 0 saturated heterocycles. The van der Waals surface area contributed by atoms with Crippen molar-refractivity contribution in [2.75, 3.05) is 5.32 Å². The first-order chi connectivity index (χ1) is 8.97. The van der Waals surface area contributed by atoms with E-state index in [4.69, 9.17) is 0 Å². The molecule has 0 spiro atoms. The topological polar surface area (TPSA) is 103 Å². The molecule has 8 nitrogen and oxygen atoms in total. The molecule has 0 saturated carbocycles. The van der Waals surface area contributed by atoms with Gasteiger partial charge in [-0.3, -0.25) is 19.6 Å². The van der Waals surface area contributed by atoms with Crippen LogP contribution in [0.15, 0.2) is 24.4 Å². The maximum absolute atomic E-state index is 13.3. The Hall–Kier alpha value is -2.84. The van der Waals surface area contributed by atoms with Crippen LogP contribution in [0.3, 0.4) is 0 Å². The van der Waals surface area contributed by atoms with Gasteiger partial charge in [-0.1, -0.05) is 5.21 Å². The molecule has 1 heterocycles. The van der Waals surface area contributed by atoms with E-state index in [1.807, 2.05) is 0 Å². The molecule has 0 radical (unpaired) electrons. The molecule has 1 N–H and O–H groups in total. The number of rotatable bonds is 3. The Morgan fingerprint density at radius 1 is 1.53 bits per heavy atom. The number of nitro groups is 1. The molecule has 9 heteroatoms. The molecule has 0 bridgehead atoms. The molecule has 1 aromatic carbocycles. The van der Waals surface area contributed by atoms with E-state index < -0.39 is 22.3 Å². The maximum Gasteiger partial charge on any atom is 0.304 e. The number of aromatic nitrogens is 3. The summed E-state index contributed by atoms with van der Waals surface area (Å²) in [5, 5.41) is 20.0. The van der Waals surface area contributed by atoms with Crippen LogP contribution in [0.1, 0.15) is 10.5 Å². The molecular weight excluding hydrogens is 257 g/mol. The van der Waals surface area contributed by atoms with Gasteiger partial charge in [0.2, 0.25) is 5.82 Å². The van der Waals surface area contributed by atoms with Crippen LogP contribution in [-0.2, 0) is 7.05 Å². The van der Waals surface area contributed by atoms with E-state index in [9.17, 15) is 19.3 Å². The second-order valence-corrected chi connectivity index (χ2v) is 3.65. The molecule has 19 heavy (non-hydrogen) atoms. The molecule has 0 aliphatic rings. The van der Waals surface area contributed by atoms with Crippen molar-refractivity contribution in [1.82, 2.24) is 15.0 Å². The Morgan fingerprint density at radius 2 is 2.26 bits per heavy atom. The van der Waals surface area contributed by atoms with Crippen LogP contribution in [0.2, 0.25) is 0 Å². The van der Waals surface area contributed by atoms with E-state index in [1.165, 1.54) is 16.9 Å². The highest BCUT2D eigenvalue weighted by atomic mass is 19.1.